The molecule has 0 spiro atoms. The molecule has 5 nitrogen and oxygen atoms in total. The molecule has 1 heterocycles. The molecule has 0 amide bonds. The van der Waals surface area contributed by atoms with Crippen LogP contribution < -0.4 is 15.0 Å². The Kier molecular flexibility index (Phi) is 10.0. The van der Waals surface area contributed by atoms with Crippen LogP contribution >= 0.6 is 12.2 Å². The van der Waals surface area contributed by atoms with Crippen LogP contribution in [-0.4, -0.2) is 74.9 Å². The summed E-state index contributed by atoms with van der Waals surface area (Å²) in [6, 6.07) is 15.7. The van der Waals surface area contributed by atoms with Gasteiger partial charge in [0.2, 0.25) is 0 Å². The minimum absolute atomic E-state index is 0.0643. The van der Waals surface area contributed by atoms with Crippen molar-refractivity contribution >= 4 is 23.0 Å². The van der Waals surface area contributed by atoms with Gasteiger partial charge in [0, 0.05) is 52.2 Å². The van der Waals surface area contributed by atoms with E-state index in [2.05, 4.69) is 27.2 Å². The van der Waals surface area contributed by atoms with Gasteiger partial charge in [0.15, 0.2) is 5.11 Å². The van der Waals surface area contributed by atoms with Crippen LogP contribution in [0.25, 0.3) is 0 Å². The van der Waals surface area contributed by atoms with Crippen LogP contribution in [0.4, 0.5) is 10.1 Å². The van der Waals surface area contributed by atoms with E-state index in [-0.39, 0.29) is 17.8 Å². The smallest absolute Gasteiger partial charge is 0.168 e. The lowest BCUT2D eigenvalue weighted by Crippen LogP contribution is -2.50. The van der Waals surface area contributed by atoms with Gasteiger partial charge in [0.05, 0.1) is 12.8 Å². The van der Waals surface area contributed by atoms with E-state index in [4.69, 9.17) is 17.0 Å². The molecule has 0 unspecified atom stereocenters. The normalized spacial score (nSPS) is 18.8. The van der Waals surface area contributed by atoms with Gasteiger partial charge in [-0.1, -0.05) is 49.6 Å². The predicted molar refractivity (Wildman–Crippen MR) is 155 cm³/mol. The van der Waals surface area contributed by atoms with Crippen molar-refractivity contribution in [2.45, 2.75) is 50.5 Å². The molecule has 2 aromatic rings. The second-order valence-corrected chi connectivity index (χ2v) is 11.1. The highest BCUT2D eigenvalue weighted by molar-refractivity contribution is 7.80. The molecular formula is C30H43FN4OS. The number of nitrogens with zero attached hydrogens (tertiary/aromatic N) is 3. The number of para-hydroxylation sites is 2. The van der Waals surface area contributed by atoms with Crippen LogP contribution in [0.2, 0.25) is 0 Å². The number of piperazine rings is 1. The highest BCUT2D eigenvalue weighted by Crippen LogP contribution is 2.37. The van der Waals surface area contributed by atoms with Crippen LogP contribution in [0.1, 0.15) is 50.0 Å². The second-order valence-electron chi connectivity index (χ2n) is 10.7. The Morgan fingerprint density at radius 1 is 1.03 bits per heavy atom. The first kappa shape index (κ1) is 27.6. The summed E-state index contributed by atoms with van der Waals surface area (Å²) in [6.07, 6.45) is 7.04. The van der Waals surface area contributed by atoms with E-state index in [1.807, 2.05) is 43.3 Å². The third kappa shape index (κ3) is 7.14. The molecule has 1 aliphatic carbocycles. The van der Waals surface area contributed by atoms with Crippen molar-refractivity contribution < 1.29 is 9.13 Å². The zero-order chi connectivity index (χ0) is 26.2. The first-order chi connectivity index (χ1) is 18.0. The van der Waals surface area contributed by atoms with Crippen molar-refractivity contribution in [2.75, 3.05) is 58.8 Å². The molecule has 1 saturated carbocycles. The maximum atomic E-state index is 15.2. The van der Waals surface area contributed by atoms with Gasteiger partial charge in [-0.05, 0) is 67.7 Å². The number of nitrogens with one attached hydrogen (secondary N) is 1. The summed E-state index contributed by atoms with van der Waals surface area (Å²) < 4.78 is 20.8. The summed E-state index contributed by atoms with van der Waals surface area (Å²) in [5.74, 6) is 1.38. The molecule has 2 aromatic carbocycles. The summed E-state index contributed by atoms with van der Waals surface area (Å²) >= 11 is 5.71. The van der Waals surface area contributed by atoms with Gasteiger partial charge < -0.3 is 19.9 Å². The molecule has 37 heavy (non-hydrogen) atoms. The average molecular weight is 527 g/mol. The SMILES string of the molecule is COc1ccccc1N1CCN(CC[C@@H](c2ccccc2F)[C@H](NC(=S)N(C)C)C2CCCCC2)CC1. The van der Waals surface area contributed by atoms with Gasteiger partial charge in [-0.15, -0.1) is 0 Å². The summed E-state index contributed by atoms with van der Waals surface area (Å²) in [6.45, 7) is 4.83. The third-order valence-corrected chi connectivity index (χ3v) is 8.63. The summed E-state index contributed by atoms with van der Waals surface area (Å²) in [5.41, 5.74) is 1.98. The van der Waals surface area contributed by atoms with Crippen molar-refractivity contribution in [3.05, 3.63) is 59.9 Å². The number of methoxy groups -OCH3 is 1. The van der Waals surface area contributed by atoms with Crippen molar-refractivity contribution in [1.29, 1.82) is 0 Å². The zero-order valence-corrected chi connectivity index (χ0v) is 23.5. The molecular weight excluding hydrogens is 483 g/mol. The molecule has 2 atom stereocenters. The van der Waals surface area contributed by atoms with E-state index in [0.717, 1.165) is 61.3 Å². The fourth-order valence-electron chi connectivity index (χ4n) is 6.04. The first-order valence-electron chi connectivity index (χ1n) is 13.8. The molecule has 202 valence electrons. The molecule has 1 aliphatic heterocycles. The minimum Gasteiger partial charge on any atom is -0.495 e. The van der Waals surface area contributed by atoms with Gasteiger partial charge in [-0.25, -0.2) is 4.39 Å². The molecule has 0 aromatic heterocycles. The second kappa shape index (κ2) is 13.4. The number of hydrogen-bond acceptors (Lipinski definition) is 4. The van der Waals surface area contributed by atoms with Crippen molar-refractivity contribution in [1.82, 2.24) is 15.1 Å². The average Bonchev–Trinajstić information content (AvgIpc) is 2.94. The molecule has 0 radical (unpaired) electrons. The number of thiocarbonyl (C=S) groups is 1. The maximum Gasteiger partial charge on any atom is 0.168 e. The Balaban J connectivity index is 1.48. The van der Waals surface area contributed by atoms with Gasteiger partial charge in [0.1, 0.15) is 11.6 Å². The quantitative estimate of drug-likeness (QED) is 0.434. The monoisotopic (exact) mass is 526 g/mol. The van der Waals surface area contributed by atoms with E-state index >= 15 is 4.39 Å². The lowest BCUT2D eigenvalue weighted by Gasteiger charge is -2.40. The van der Waals surface area contributed by atoms with Crippen LogP contribution in [0, 0.1) is 11.7 Å². The number of rotatable bonds is 9. The molecule has 1 N–H and O–H groups in total. The standard InChI is InChI=1S/C30H43FN4OS/c1-33(2)30(37)32-29(23-11-5-4-6-12-23)25(24-13-7-8-14-26(24)31)17-18-34-19-21-35(22-20-34)27-15-9-10-16-28(27)36-3/h7-10,13-16,23,25,29H,4-6,11-12,17-22H2,1-3H3,(H,32,37)/t25-,29+/m0/s1. The predicted octanol–water partition coefficient (Wildman–Crippen LogP) is 5.52. The largest absolute Gasteiger partial charge is 0.495 e. The molecule has 0 bridgehead atoms. The van der Waals surface area contributed by atoms with Gasteiger partial charge >= 0.3 is 0 Å². The Morgan fingerprint density at radius 3 is 2.38 bits per heavy atom. The Labute approximate surface area is 228 Å². The van der Waals surface area contributed by atoms with E-state index in [1.165, 1.54) is 32.1 Å². The molecule has 7 heteroatoms. The van der Waals surface area contributed by atoms with Crippen LogP contribution in [0.5, 0.6) is 5.75 Å². The maximum absolute atomic E-state index is 15.2. The van der Waals surface area contributed by atoms with Gasteiger partial charge in [-0.2, -0.15) is 0 Å². The summed E-state index contributed by atoms with van der Waals surface area (Å²) in [5, 5.41) is 4.43. The molecule has 2 fully saturated rings. The number of halogens is 1. The van der Waals surface area contributed by atoms with Crippen molar-refractivity contribution in [2.24, 2.45) is 5.92 Å². The lowest BCUT2D eigenvalue weighted by atomic mass is 9.75. The third-order valence-electron chi connectivity index (χ3n) is 8.15. The van der Waals surface area contributed by atoms with Gasteiger partial charge in [0.25, 0.3) is 0 Å². The lowest BCUT2D eigenvalue weighted by molar-refractivity contribution is 0.212. The highest BCUT2D eigenvalue weighted by atomic mass is 32.1. The van der Waals surface area contributed by atoms with Crippen LogP contribution in [0.15, 0.2) is 48.5 Å². The van der Waals surface area contributed by atoms with E-state index in [1.54, 1.807) is 19.2 Å². The highest BCUT2D eigenvalue weighted by Gasteiger charge is 2.34. The fraction of sp³-hybridized carbons (Fsp3) is 0.567. The van der Waals surface area contributed by atoms with Crippen molar-refractivity contribution in [3.63, 3.8) is 0 Å². The Morgan fingerprint density at radius 2 is 1.70 bits per heavy atom. The number of anilines is 1. The Hall–Kier alpha value is -2.38. The Bertz CT molecular complexity index is 1000. The van der Waals surface area contributed by atoms with Crippen molar-refractivity contribution in [3.8, 4) is 5.75 Å². The topological polar surface area (TPSA) is 31.0 Å². The van der Waals surface area contributed by atoms with E-state index in [0.29, 0.717) is 5.92 Å². The fourth-order valence-corrected chi connectivity index (χ4v) is 6.18. The van der Waals surface area contributed by atoms with E-state index < -0.39 is 0 Å². The molecule has 1 saturated heterocycles. The van der Waals surface area contributed by atoms with Crippen LogP contribution in [0.3, 0.4) is 0 Å². The first-order valence-corrected chi connectivity index (χ1v) is 14.2. The van der Waals surface area contributed by atoms with Crippen LogP contribution in [-0.2, 0) is 0 Å². The van der Waals surface area contributed by atoms with E-state index in [9.17, 15) is 0 Å². The van der Waals surface area contributed by atoms with Gasteiger partial charge in [-0.3, -0.25) is 4.90 Å². The zero-order valence-electron chi connectivity index (χ0n) is 22.7. The number of benzene rings is 2. The summed E-state index contributed by atoms with van der Waals surface area (Å²) in [7, 11) is 5.69. The molecule has 4 rings (SSSR count). The number of hydrogen-bond donors (Lipinski definition) is 1. The minimum atomic E-state index is -0.105. The summed E-state index contributed by atoms with van der Waals surface area (Å²) in [4.78, 5) is 6.90. The number of ether oxygens (including phenoxy) is 1. The molecule has 2 aliphatic rings.